The maximum atomic E-state index is 12.4. The number of para-hydroxylation sites is 1. The Morgan fingerprint density at radius 1 is 1.21 bits per heavy atom. The molecule has 7 nitrogen and oxygen atoms in total. The first-order valence-electron chi connectivity index (χ1n) is 8.02. The molecule has 2 rings (SSSR count). The molecule has 7 heteroatoms. The van der Waals surface area contributed by atoms with Crippen LogP contribution in [0.2, 0.25) is 0 Å². The molecule has 0 aliphatic carbocycles. The molecule has 1 heterocycles. The average molecular weight is 332 g/mol. The molecule has 0 saturated heterocycles. The number of nitrogens with one attached hydrogen (secondary N) is 2. The first-order chi connectivity index (χ1) is 11.8. The topological polar surface area (TPSA) is 77.4 Å². The fraction of sp³-hybridized carbons (Fsp3) is 0.412. The number of aromatic nitrogens is 2. The minimum absolute atomic E-state index is 0.248. The van der Waals surface area contributed by atoms with Crippen molar-refractivity contribution in [2.75, 3.05) is 40.0 Å². The van der Waals surface area contributed by atoms with Gasteiger partial charge >= 0.3 is 0 Å². The summed E-state index contributed by atoms with van der Waals surface area (Å²) in [5, 5.41) is 10.4. The van der Waals surface area contributed by atoms with Crippen LogP contribution in [0.5, 0.6) is 5.75 Å². The molecule has 1 aromatic carbocycles. The molecule has 1 amide bonds. The lowest BCUT2D eigenvalue weighted by Gasteiger charge is -2.06. The molecule has 1 aromatic heterocycles. The minimum atomic E-state index is -0.248. The molecule has 130 valence electrons. The maximum Gasteiger partial charge on any atom is 0.275 e. The van der Waals surface area contributed by atoms with Gasteiger partial charge in [0.15, 0.2) is 11.4 Å². The van der Waals surface area contributed by atoms with E-state index in [2.05, 4.69) is 15.7 Å². The van der Waals surface area contributed by atoms with Gasteiger partial charge in [0.2, 0.25) is 0 Å². The van der Waals surface area contributed by atoms with E-state index in [1.54, 1.807) is 18.0 Å². The zero-order chi connectivity index (χ0) is 17.2. The summed E-state index contributed by atoms with van der Waals surface area (Å²) in [6.07, 6.45) is 1.73. The van der Waals surface area contributed by atoms with Crippen molar-refractivity contribution in [2.45, 2.75) is 6.92 Å². The van der Waals surface area contributed by atoms with E-state index < -0.39 is 0 Å². The van der Waals surface area contributed by atoms with Gasteiger partial charge in [-0.15, -0.1) is 0 Å². The van der Waals surface area contributed by atoms with Crippen LogP contribution in [-0.4, -0.2) is 55.6 Å². The molecule has 0 atom stereocenters. The third-order valence-corrected chi connectivity index (χ3v) is 3.29. The number of nitrogens with zero attached hydrogens (tertiary/aromatic N) is 2. The van der Waals surface area contributed by atoms with Crippen molar-refractivity contribution in [3.63, 3.8) is 0 Å². The smallest absolute Gasteiger partial charge is 0.275 e. The first kappa shape index (κ1) is 18.0. The molecule has 0 saturated carbocycles. The second kappa shape index (κ2) is 9.69. The number of ether oxygens (including phenoxy) is 2. The number of hydrogen-bond donors (Lipinski definition) is 2. The Bertz CT molecular complexity index is 628. The van der Waals surface area contributed by atoms with Gasteiger partial charge in [0.05, 0.1) is 25.1 Å². The molecule has 0 fully saturated rings. The lowest BCUT2D eigenvalue weighted by atomic mass is 10.3. The highest BCUT2D eigenvalue weighted by Gasteiger charge is 2.18. The van der Waals surface area contributed by atoms with Gasteiger partial charge in [-0.05, 0) is 19.1 Å². The number of rotatable bonds is 10. The second-order valence-electron chi connectivity index (χ2n) is 5.05. The van der Waals surface area contributed by atoms with Crippen molar-refractivity contribution >= 4 is 5.91 Å². The van der Waals surface area contributed by atoms with Crippen LogP contribution in [0.3, 0.4) is 0 Å². The fourth-order valence-corrected chi connectivity index (χ4v) is 2.14. The summed E-state index contributed by atoms with van der Waals surface area (Å²) in [5.74, 6) is 0.230. The van der Waals surface area contributed by atoms with Gasteiger partial charge in [-0.3, -0.25) is 4.79 Å². The largest absolute Gasteiger partial charge is 0.490 e. The van der Waals surface area contributed by atoms with Gasteiger partial charge in [-0.2, -0.15) is 5.10 Å². The van der Waals surface area contributed by atoms with Crippen molar-refractivity contribution in [1.82, 2.24) is 20.4 Å². The molecule has 0 bridgehead atoms. The Balaban J connectivity index is 1.99. The second-order valence-corrected chi connectivity index (χ2v) is 5.05. The van der Waals surface area contributed by atoms with E-state index in [-0.39, 0.29) is 11.6 Å². The van der Waals surface area contributed by atoms with E-state index in [1.165, 1.54) is 0 Å². The molecule has 0 unspecified atom stereocenters. The predicted molar refractivity (Wildman–Crippen MR) is 91.8 cm³/mol. The molecule has 0 aliphatic heterocycles. The summed E-state index contributed by atoms with van der Waals surface area (Å²) in [6, 6.07) is 9.61. The normalized spacial score (nSPS) is 10.6. The van der Waals surface area contributed by atoms with Gasteiger partial charge < -0.3 is 20.1 Å². The van der Waals surface area contributed by atoms with E-state index in [0.717, 1.165) is 12.2 Å². The highest BCUT2D eigenvalue weighted by Crippen LogP contribution is 2.19. The van der Waals surface area contributed by atoms with Crippen LogP contribution in [0.4, 0.5) is 0 Å². The van der Waals surface area contributed by atoms with Crippen molar-refractivity contribution in [2.24, 2.45) is 0 Å². The van der Waals surface area contributed by atoms with E-state index in [4.69, 9.17) is 9.47 Å². The monoisotopic (exact) mass is 332 g/mol. The summed E-state index contributed by atoms with van der Waals surface area (Å²) in [6.45, 7) is 4.91. The summed E-state index contributed by atoms with van der Waals surface area (Å²) in [4.78, 5) is 12.4. The van der Waals surface area contributed by atoms with E-state index in [9.17, 15) is 4.79 Å². The first-order valence-corrected chi connectivity index (χ1v) is 8.02. The fourth-order valence-electron chi connectivity index (χ4n) is 2.14. The molecular weight excluding hydrogens is 308 g/mol. The maximum absolute atomic E-state index is 12.4. The van der Waals surface area contributed by atoms with Crippen molar-refractivity contribution in [1.29, 1.82) is 0 Å². The van der Waals surface area contributed by atoms with Crippen LogP contribution in [0.25, 0.3) is 5.69 Å². The summed E-state index contributed by atoms with van der Waals surface area (Å²) >= 11 is 0. The van der Waals surface area contributed by atoms with Crippen molar-refractivity contribution in [3.05, 3.63) is 42.2 Å². The van der Waals surface area contributed by atoms with Gasteiger partial charge in [-0.1, -0.05) is 18.2 Å². The molecule has 0 spiro atoms. The quantitative estimate of drug-likeness (QED) is 0.640. The van der Waals surface area contributed by atoms with Crippen LogP contribution in [0.15, 0.2) is 36.5 Å². The van der Waals surface area contributed by atoms with Gasteiger partial charge in [0, 0.05) is 26.7 Å². The zero-order valence-electron chi connectivity index (χ0n) is 14.1. The number of carbonyl (C=O) groups is 1. The Hall–Kier alpha value is -2.38. The molecule has 2 N–H and O–H groups in total. The van der Waals surface area contributed by atoms with Crippen LogP contribution in [0, 0.1) is 0 Å². The Morgan fingerprint density at radius 2 is 2.00 bits per heavy atom. The Labute approximate surface area is 142 Å². The predicted octanol–water partition coefficient (Wildman–Crippen LogP) is 1.24. The summed E-state index contributed by atoms with van der Waals surface area (Å²) < 4.78 is 12.1. The standard InChI is InChI=1S/C17H24N4O3/c1-3-24-15-13-21(14-7-5-4-6-8-14)20-16(15)17(22)19-10-9-18-11-12-23-2/h4-8,13,18H,3,9-12H2,1-2H3,(H,19,22). The summed E-state index contributed by atoms with van der Waals surface area (Å²) in [7, 11) is 1.65. The highest BCUT2D eigenvalue weighted by molar-refractivity contribution is 5.94. The van der Waals surface area contributed by atoms with Crippen molar-refractivity contribution in [3.8, 4) is 11.4 Å². The van der Waals surface area contributed by atoms with Crippen molar-refractivity contribution < 1.29 is 14.3 Å². The molecule has 2 aromatic rings. The SMILES string of the molecule is CCOc1cn(-c2ccccc2)nc1C(=O)NCCNCCOC. The molecule has 24 heavy (non-hydrogen) atoms. The lowest BCUT2D eigenvalue weighted by molar-refractivity contribution is 0.0944. The summed E-state index contributed by atoms with van der Waals surface area (Å²) in [5.41, 5.74) is 1.16. The third kappa shape index (κ3) is 5.07. The van der Waals surface area contributed by atoms with Crippen LogP contribution < -0.4 is 15.4 Å². The van der Waals surface area contributed by atoms with Crippen LogP contribution in [0.1, 0.15) is 17.4 Å². The lowest BCUT2D eigenvalue weighted by Crippen LogP contribution is -2.33. The molecule has 0 aliphatic rings. The van der Waals surface area contributed by atoms with Crippen LogP contribution in [-0.2, 0) is 4.74 Å². The van der Waals surface area contributed by atoms with Gasteiger partial charge in [-0.25, -0.2) is 4.68 Å². The average Bonchev–Trinajstić information content (AvgIpc) is 3.03. The van der Waals surface area contributed by atoms with E-state index in [1.807, 2.05) is 37.3 Å². The number of methoxy groups -OCH3 is 1. The van der Waals surface area contributed by atoms with Gasteiger partial charge in [0.25, 0.3) is 5.91 Å². The number of carbonyl (C=O) groups excluding carboxylic acids is 1. The Kier molecular flexibility index (Phi) is 7.25. The van der Waals surface area contributed by atoms with Gasteiger partial charge in [0.1, 0.15) is 0 Å². The van der Waals surface area contributed by atoms with Crippen LogP contribution >= 0.6 is 0 Å². The highest BCUT2D eigenvalue weighted by atomic mass is 16.5. The molecular formula is C17H24N4O3. The minimum Gasteiger partial charge on any atom is -0.490 e. The third-order valence-electron chi connectivity index (χ3n) is 3.29. The number of hydrogen-bond acceptors (Lipinski definition) is 5. The van der Waals surface area contributed by atoms with E-state index >= 15 is 0 Å². The van der Waals surface area contributed by atoms with E-state index in [0.29, 0.717) is 32.1 Å². The zero-order valence-corrected chi connectivity index (χ0v) is 14.1. The molecule has 0 radical (unpaired) electrons. The number of benzene rings is 1. The number of amides is 1. The Morgan fingerprint density at radius 3 is 2.71 bits per heavy atom.